The summed E-state index contributed by atoms with van der Waals surface area (Å²) in [6.07, 6.45) is 2.27. The Morgan fingerprint density at radius 2 is 1.69 bits per heavy atom. The Kier molecular flexibility index (Phi) is 2.36. The van der Waals surface area contributed by atoms with Crippen LogP contribution in [0.5, 0.6) is 0 Å². The summed E-state index contributed by atoms with van der Waals surface area (Å²) >= 11 is 0. The largest absolute Gasteiger partial charge is 0.392 e. The highest BCUT2D eigenvalue weighted by Crippen LogP contribution is 2.49. The second kappa shape index (κ2) is 3.44. The van der Waals surface area contributed by atoms with Crippen LogP contribution in [-0.4, -0.2) is 60.3 Å². The summed E-state index contributed by atoms with van der Waals surface area (Å²) in [7, 11) is 0. The summed E-state index contributed by atoms with van der Waals surface area (Å²) in [6.45, 7) is 11.4. The predicted octanol–water partition coefficient (Wildman–Crippen LogP) is 0.785. The summed E-state index contributed by atoms with van der Waals surface area (Å²) in [5.74, 6) is 0. The van der Waals surface area contributed by atoms with E-state index in [0.29, 0.717) is 0 Å². The van der Waals surface area contributed by atoms with Gasteiger partial charge in [-0.05, 0) is 6.42 Å². The van der Waals surface area contributed by atoms with Crippen LogP contribution in [0.3, 0.4) is 0 Å². The molecular formula is C13H24N2O. The lowest BCUT2D eigenvalue weighted by atomic mass is 9.61. The molecule has 4 aliphatic rings. The molecule has 1 N–H and O–H groups in total. The molecule has 3 atom stereocenters. The first-order valence-corrected chi connectivity index (χ1v) is 6.71. The zero-order valence-electron chi connectivity index (χ0n) is 10.6. The van der Waals surface area contributed by atoms with E-state index in [1.54, 1.807) is 0 Å². The van der Waals surface area contributed by atoms with Gasteiger partial charge in [-0.3, -0.25) is 0 Å². The summed E-state index contributed by atoms with van der Waals surface area (Å²) in [4.78, 5) is 5.19. The molecule has 0 aromatic carbocycles. The van der Waals surface area contributed by atoms with Crippen molar-refractivity contribution in [1.82, 2.24) is 9.80 Å². The number of hydrogen-bond acceptors (Lipinski definition) is 3. The molecule has 4 aliphatic heterocycles. The third kappa shape index (κ3) is 1.38. The fraction of sp³-hybridized carbons (Fsp3) is 1.00. The van der Waals surface area contributed by atoms with E-state index < -0.39 is 0 Å². The van der Waals surface area contributed by atoms with Crippen molar-refractivity contribution in [2.24, 2.45) is 10.8 Å². The molecule has 3 heteroatoms. The minimum atomic E-state index is -0.0921. The Morgan fingerprint density at radius 1 is 1.12 bits per heavy atom. The average molecular weight is 224 g/mol. The van der Waals surface area contributed by atoms with E-state index in [1.807, 2.05) is 0 Å². The van der Waals surface area contributed by atoms with Crippen LogP contribution in [0, 0.1) is 10.8 Å². The number of aliphatic hydroxyl groups is 1. The zero-order valence-corrected chi connectivity index (χ0v) is 10.6. The molecule has 0 saturated carbocycles. The molecule has 2 unspecified atom stereocenters. The minimum absolute atomic E-state index is 0.0921. The quantitative estimate of drug-likeness (QED) is 0.751. The van der Waals surface area contributed by atoms with Gasteiger partial charge in [0.2, 0.25) is 0 Å². The molecule has 4 heterocycles. The van der Waals surface area contributed by atoms with Gasteiger partial charge in [0.05, 0.1) is 6.10 Å². The molecule has 0 aromatic heterocycles. The van der Waals surface area contributed by atoms with Crippen LogP contribution in [0.2, 0.25) is 0 Å². The van der Waals surface area contributed by atoms with E-state index in [4.69, 9.17) is 0 Å². The lowest BCUT2D eigenvalue weighted by Gasteiger charge is -2.58. The Balaban J connectivity index is 1.99. The van der Waals surface area contributed by atoms with Crippen LogP contribution >= 0.6 is 0 Å². The first-order chi connectivity index (χ1) is 7.58. The fourth-order valence-electron chi connectivity index (χ4n) is 4.60. The van der Waals surface area contributed by atoms with Gasteiger partial charge in [0.1, 0.15) is 0 Å². The Hall–Kier alpha value is -0.120. The molecule has 16 heavy (non-hydrogen) atoms. The van der Waals surface area contributed by atoms with E-state index in [0.717, 1.165) is 26.2 Å². The molecule has 0 spiro atoms. The molecule has 4 fully saturated rings. The maximum atomic E-state index is 10.7. The lowest BCUT2D eigenvalue weighted by Crippen LogP contribution is -2.68. The van der Waals surface area contributed by atoms with Crippen molar-refractivity contribution >= 4 is 0 Å². The fourth-order valence-corrected chi connectivity index (χ4v) is 4.60. The first kappa shape index (κ1) is 11.0. The van der Waals surface area contributed by atoms with Gasteiger partial charge < -0.3 is 14.9 Å². The summed E-state index contributed by atoms with van der Waals surface area (Å²) in [6, 6.07) is 0. The van der Waals surface area contributed by atoms with Crippen molar-refractivity contribution in [3.8, 4) is 0 Å². The molecule has 0 radical (unpaired) electrons. The van der Waals surface area contributed by atoms with Crippen molar-refractivity contribution < 1.29 is 5.11 Å². The molecule has 0 aliphatic carbocycles. The third-order valence-corrected chi connectivity index (χ3v) is 4.97. The standard InChI is InChI=1S/C13H24N2O/c1-3-4-13-9-14-5-6-15(10-13)8-12(2,7-14)11(13)16/h11,16H,3-10H2,1-2H3/t11-,12?,13?/m0/s1. The molecule has 0 amide bonds. The summed E-state index contributed by atoms with van der Waals surface area (Å²) < 4.78 is 0. The van der Waals surface area contributed by atoms with Gasteiger partial charge in [0.25, 0.3) is 0 Å². The Morgan fingerprint density at radius 3 is 2.19 bits per heavy atom. The molecule has 4 rings (SSSR count). The van der Waals surface area contributed by atoms with Crippen molar-refractivity contribution in [2.75, 3.05) is 39.3 Å². The number of piperidine rings is 2. The second-order valence-electron chi connectivity index (χ2n) is 6.59. The Labute approximate surface area is 98.4 Å². The van der Waals surface area contributed by atoms with Crippen LogP contribution in [0.15, 0.2) is 0 Å². The lowest BCUT2D eigenvalue weighted by molar-refractivity contribution is -0.164. The Bertz CT molecular complexity index is 276. The summed E-state index contributed by atoms with van der Waals surface area (Å²) in [5.41, 5.74) is 0.276. The van der Waals surface area contributed by atoms with Gasteiger partial charge in [-0.2, -0.15) is 0 Å². The van der Waals surface area contributed by atoms with Gasteiger partial charge in [-0.15, -0.1) is 0 Å². The molecular weight excluding hydrogens is 200 g/mol. The van der Waals surface area contributed by atoms with Gasteiger partial charge >= 0.3 is 0 Å². The van der Waals surface area contributed by atoms with Crippen molar-refractivity contribution in [3.05, 3.63) is 0 Å². The minimum Gasteiger partial charge on any atom is -0.392 e. The van der Waals surface area contributed by atoms with Crippen LogP contribution in [0.1, 0.15) is 26.7 Å². The highest BCUT2D eigenvalue weighted by Gasteiger charge is 2.58. The topological polar surface area (TPSA) is 26.7 Å². The molecule has 3 nitrogen and oxygen atoms in total. The number of hydrogen-bond donors (Lipinski definition) is 1. The zero-order chi connectivity index (χ0) is 11.4. The van der Waals surface area contributed by atoms with E-state index in [9.17, 15) is 5.11 Å². The highest BCUT2D eigenvalue weighted by atomic mass is 16.3. The number of aliphatic hydroxyl groups excluding tert-OH is 1. The molecule has 0 aromatic rings. The molecule has 4 saturated heterocycles. The van der Waals surface area contributed by atoms with Gasteiger partial charge in [-0.1, -0.05) is 20.3 Å². The van der Waals surface area contributed by atoms with Crippen LogP contribution in [0.4, 0.5) is 0 Å². The van der Waals surface area contributed by atoms with E-state index in [1.165, 1.54) is 25.9 Å². The maximum Gasteiger partial charge on any atom is 0.0698 e. The number of nitrogens with zero attached hydrogens (tertiary/aromatic N) is 2. The number of rotatable bonds is 2. The first-order valence-electron chi connectivity index (χ1n) is 6.71. The SMILES string of the molecule is CCCC12CN3CCN(CC(C)(C3)[C@@H]1O)C2. The monoisotopic (exact) mass is 224 g/mol. The van der Waals surface area contributed by atoms with Crippen LogP contribution < -0.4 is 0 Å². The van der Waals surface area contributed by atoms with Gasteiger partial charge in [0.15, 0.2) is 0 Å². The third-order valence-electron chi connectivity index (χ3n) is 4.97. The van der Waals surface area contributed by atoms with Crippen LogP contribution in [0.25, 0.3) is 0 Å². The van der Waals surface area contributed by atoms with Gasteiger partial charge in [-0.25, -0.2) is 0 Å². The van der Waals surface area contributed by atoms with E-state index in [2.05, 4.69) is 23.6 Å². The smallest absolute Gasteiger partial charge is 0.0698 e. The van der Waals surface area contributed by atoms with Crippen LogP contribution in [-0.2, 0) is 0 Å². The number of fused-ring (bicyclic) bond motifs is 1. The highest BCUT2D eigenvalue weighted by molar-refractivity contribution is 5.10. The van der Waals surface area contributed by atoms with Crippen molar-refractivity contribution in [1.29, 1.82) is 0 Å². The molecule has 92 valence electrons. The van der Waals surface area contributed by atoms with Gasteiger partial charge in [0, 0.05) is 50.1 Å². The molecule has 4 bridgehead atoms. The summed E-state index contributed by atoms with van der Waals surface area (Å²) in [5, 5.41) is 10.7. The van der Waals surface area contributed by atoms with Crippen molar-refractivity contribution in [2.45, 2.75) is 32.8 Å². The van der Waals surface area contributed by atoms with E-state index >= 15 is 0 Å². The maximum absolute atomic E-state index is 10.7. The average Bonchev–Trinajstić information content (AvgIpc) is 2.42. The normalized spacial score (nSPS) is 55.3. The predicted molar refractivity (Wildman–Crippen MR) is 64.3 cm³/mol. The van der Waals surface area contributed by atoms with E-state index in [-0.39, 0.29) is 16.9 Å². The second-order valence-corrected chi connectivity index (χ2v) is 6.59. The van der Waals surface area contributed by atoms with Crippen molar-refractivity contribution in [3.63, 3.8) is 0 Å².